The summed E-state index contributed by atoms with van der Waals surface area (Å²) in [5.41, 5.74) is -1.34. The fourth-order valence-electron chi connectivity index (χ4n) is 0.560. The van der Waals surface area contributed by atoms with E-state index in [1.54, 1.807) is 0 Å². The van der Waals surface area contributed by atoms with Crippen LogP contribution in [0.25, 0.3) is 0 Å². The van der Waals surface area contributed by atoms with Crippen molar-refractivity contribution in [3.8, 4) is 0 Å². The predicted octanol–water partition coefficient (Wildman–Crippen LogP) is 0.273. The maximum absolute atomic E-state index is 10.7. The molecule has 0 saturated carbocycles. The van der Waals surface area contributed by atoms with Gasteiger partial charge in [-0.25, -0.2) is 4.79 Å². The molecule has 0 aliphatic heterocycles. The van der Waals surface area contributed by atoms with Crippen LogP contribution >= 0.6 is 11.8 Å². The maximum atomic E-state index is 10.7. The van der Waals surface area contributed by atoms with Crippen molar-refractivity contribution in [1.29, 1.82) is 0 Å². The van der Waals surface area contributed by atoms with E-state index in [9.17, 15) is 9.90 Å². The highest BCUT2D eigenvalue weighted by atomic mass is 32.2. The SMILES string of the molecule is COC(=O)[C@@](C)(O)CSC. The Balaban J connectivity index is 3.96. The van der Waals surface area contributed by atoms with Crippen LogP contribution in [0.15, 0.2) is 0 Å². The number of hydrogen-bond acceptors (Lipinski definition) is 4. The highest BCUT2D eigenvalue weighted by Gasteiger charge is 2.30. The Bertz CT molecular complexity index is 122. The fraction of sp³-hybridized carbons (Fsp3) is 0.833. The highest BCUT2D eigenvalue weighted by Crippen LogP contribution is 2.11. The molecule has 1 N–H and O–H groups in total. The summed E-state index contributed by atoms with van der Waals surface area (Å²) in [6.45, 7) is 1.44. The molecular weight excluding hydrogens is 152 g/mol. The molecule has 0 aliphatic carbocycles. The van der Waals surface area contributed by atoms with Gasteiger partial charge in [-0.3, -0.25) is 0 Å². The third kappa shape index (κ3) is 2.58. The van der Waals surface area contributed by atoms with Gasteiger partial charge in [0.1, 0.15) is 0 Å². The van der Waals surface area contributed by atoms with E-state index < -0.39 is 11.6 Å². The van der Waals surface area contributed by atoms with Gasteiger partial charge in [-0.2, -0.15) is 11.8 Å². The number of carbonyl (C=O) groups is 1. The second-order valence-electron chi connectivity index (χ2n) is 2.20. The molecule has 0 aromatic heterocycles. The van der Waals surface area contributed by atoms with E-state index in [1.807, 2.05) is 6.26 Å². The molecule has 0 unspecified atom stereocenters. The molecule has 0 heterocycles. The number of thioether (sulfide) groups is 1. The number of carbonyl (C=O) groups excluding carboxylic acids is 1. The lowest BCUT2D eigenvalue weighted by molar-refractivity contribution is -0.157. The molecule has 0 aromatic rings. The maximum Gasteiger partial charge on any atom is 0.338 e. The molecule has 60 valence electrons. The number of hydrogen-bond donors (Lipinski definition) is 1. The normalized spacial score (nSPS) is 16.0. The lowest BCUT2D eigenvalue weighted by atomic mass is 10.1. The first-order valence-electron chi connectivity index (χ1n) is 2.84. The van der Waals surface area contributed by atoms with Crippen molar-refractivity contribution in [3.63, 3.8) is 0 Å². The minimum absolute atomic E-state index is 0.361. The number of aliphatic hydroxyl groups is 1. The van der Waals surface area contributed by atoms with Crippen molar-refractivity contribution in [2.75, 3.05) is 19.1 Å². The first-order valence-corrected chi connectivity index (χ1v) is 4.23. The molecule has 10 heavy (non-hydrogen) atoms. The van der Waals surface area contributed by atoms with Crippen LogP contribution in [0.2, 0.25) is 0 Å². The highest BCUT2D eigenvalue weighted by molar-refractivity contribution is 7.98. The first-order chi connectivity index (χ1) is 4.54. The largest absolute Gasteiger partial charge is 0.467 e. The van der Waals surface area contributed by atoms with E-state index in [2.05, 4.69) is 4.74 Å². The molecule has 0 amide bonds. The van der Waals surface area contributed by atoms with Crippen molar-refractivity contribution >= 4 is 17.7 Å². The number of rotatable bonds is 3. The molecule has 1 atom stereocenters. The Morgan fingerprint density at radius 3 is 2.60 bits per heavy atom. The average Bonchev–Trinajstić information content (AvgIpc) is 1.86. The zero-order valence-electron chi connectivity index (χ0n) is 6.38. The Labute approximate surface area is 64.8 Å². The van der Waals surface area contributed by atoms with Gasteiger partial charge in [0.05, 0.1) is 7.11 Å². The lowest BCUT2D eigenvalue weighted by Crippen LogP contribution is -2.38. The van der Waals surface area contributed by atoms with Crippen molar-refractivity contribution in [2.24, 2.45) is 0 Å². The summed E-state index contributed by atoms with van der Waals surface area (Å²) in [6, 6.07) is 0. The number of ether oxygens (including phenoxy) is 1. The Morgan fingerprint density at radius 2 is 2.30 bits per heavy atom. The standard InChI is InChI=1S/C6H12O3S/c1-6(8,4-10-3)5(7)9-2/h8H,4H2,1-3H3/t6-/m0/s1. The number of methoxy groups -OCH3 is 1. The van der Waals surface area contributed by atoms with Gasteiger partial charge >= 0.3 is 5.97 Å². The molecular formula is C6H12O3S. The second kappa shape index (κ2) is 3.83. The van der Waals surface area contributed by atoms with E-state index in [1.165, 1.54) is 25.8 Å². The van der Waals surface area contributed by atoms with Crippen LogP contribution in [-0.4, -0.2) is 35.8 Å². The first kappa shape index (κ1) is 9.78. The van der Waals surface area contributed by atoms with E-state index >= 15 is 0 Å². The number of esters is 1. The van der Waals surface area contributed by atoms with E-state index in [0.717, 1.165) is 0 Å². The molecule has 4 heteroatoms. The van der Waals surface area contributed by atoms with Gasteiger partial charge < -0.3 is 9.84 Å². The van der Waals surface area contributed by atoms with Crippen LogP contribution in [0, 0.1) is 0 Å². The van der Waals surface area contributed by atoms with Crippen molar-refractivity contribution in [2.45, 2.75) is 12.5 Å². The van der Waals surface area contributed by atoms with E-state index in [0.29, 0.717) is 5.75 Å². The molecule has 0 aliphatic rings. The average molecular weight is 164 g/mol. The molecule has 0 saturated heterocycles. The second-order valence-corrected chi connectivity index (χ2v) is 3.06. The summed E-state index contributed by atoms with van der Waals surface area (Å²) in [7, 11) is 1.26. The van der Waals surface area contributed by atoms with E-state index in [4.69, 9.17) is 0 Å². The van der Waals surface area contributed by atoms with Crippen LogP contribution in [0.1, 0.15) is 6.92 Å². The van der Waals surface area contributed by atoms with Crippen LogP contribution in [-0.2, 0) is 9.53 Å². The van der Waals surface area contributed by atoms with Crippen LogP contribution in [0.4, 0.5) is 0 Å². The zero-order valence-corrected chi connectivity index (χ0v) is 7.20. The minimum Gasteiger partial charge on any atom is -0.467 e. The van der Waals surface area contributed by atoms with Crippen molar-refractivity contribution < 1.29 is 14.6 Å². The third-order valence-electron chi connectivity index (χ3n) is 1.05. The molecule has 0 aromatic carbocycles. The Hall–Kier alpha value is -0.220. The van der Waals surface area contributed by atoms with Gasteiger partial charge in [0.2, 0.25) is 0 Å². The molecule has 0 fully saturated rings. The van der Waals surface area contributed by atoms with Gasteiger partial charge in [-0.15, -0.1) is 0 Å². The summed E-state index contributed by atoms with van der Waals surface area (Å²) in [4.78, 5) is 10.7. The summed E-state index contributed by atoms with van der Waals surface area (Å²) in [6.07, 6.45) is 1.82. The van der Waals surface area contributed by atoms with Crippen LogP contribution < -0.4 is 0 Å². The van der Waals surface area contributed by atoms with Gasteiger partial charge in [0, 0.05) is 5.75 Å². The smallest absolute Gasteiger partial charge is 0.338 e. The topological polar surface area (TPSA) is 46.5 Å². The molecule has 3 nitrogen and oxygen atoms in total. The summed E-state index contributed by atoms with van der Waals surface area (Å²) in [5, 5.41) is 9.29. The van der Waals surface area contributed by atoms with Gasteiger partial charge in [0.25, 0.3) is 0 Å². The van der Waals surface area contributed by atoms with Crippen molar-refractivity contribution in [1.82, 2.24) is 0 Å². The van der Waals surface area contributed by atoms with Gasteiger partial charge in [0.15, 0.2) is 5.60 Å². The monoisotopic (exact) mass is 164 g/mol. The quantitative estimate of drug-likeness (QED) is 0.608. The van der Waals surface area contributed by atoms with Crippen LogP contribution in [0.5, 0.6) is 0 Å². The fourth-order valence-corrected chi connectivity index (χ4v) is 1.24. The molecule has 0 bridgehead atoms. The van der Waals surface area contributed by atoms with Crippen molar-refractivity contribution in [3.05, 3.63) is 0 Å². The molecule has 0 rings (SSSR count). The zero-order chi connectivity index (χ0) is 8.20. The van der Waals surface area contributed by atoms with E-state index in [-0.39, 0.29) is 0 Å². The predicted molar refractivity (Wildman–Crippen MR) is 41.0 cm³/mol. The summed E-state index contributed by atoms with van der Waals surface area (Å²) in [5.74, 6) is -0.221. The lowest BCUT2D eigenvalue weighted by Gasteiger charge is -2.17. The van der Waals surface area contributed by atoms with Gasteiger partial charge in [-0.1, -0.05) is 0 Å². The molecule has 0 spiro atoms. The summed E-state index contributed by atoms with van der Waals surface area (Å²) < 4.78 is 4.37. The third-order valence-corrected chi connectivity index (χ3v) is 1.90. The molecule has 0 radical (unpaired) electrons. The van der Waals surface area contributed by atoms with Crippen LogP contribution in [0.3, 0.4) is 0 Å². The Morgan fingerprint density at radius 1 is 1.80 bits per heavy atom. The Kier molecular flexibility index (Phi) is 3.75. The van der Waals surface area contributed by atoms with Gasteiger partial charge in [-0.05, 0) is 13.2 Å². The summed E-state index contributed by atoms with van der Waals surface area (Å²) >= 11 is 1.40. The minimum atomic E-state index is -1.34.